The highest BCUT2D eigenvalue weighted by Crippen LogP contribution is 1.96. The third kappa shape index (κ3) is 15.6. The summed E-state index contributed by atoms with van der Waals surface area (Å²) in [7, 11) is 6.11. The highest BCUT2D eigenvalue weighted by molar-refractivity contribution is 5.69. The summed E-state index contributed by atoms with van der Waals surface area (Å²) in [6, 6.07) is 0. The number of nitrogens with zero attached hydrogens (tertiary/aromatic N) is 1. The van der Waals surface area contributed by atoms with Crippen LogP contribution in [0.5, 0.6) is 0 Å². The number of hydrogen-bond acceptors (Lipinski definition) is 4. The maximum absolute atomic E-state index is 11.2. The standard InChI is InChI=1S/C11H22NO4.HI/c1-10(13)15-8-5-6-11(14)16-9-7-12(2,3)4;/h5-9H2,1-4H3;1H/q+1;/p-1. The quantitative estimate of drug-likeness (QED) is 0.220. The molecule has 102 valence electrons. The van der Waals surface area contributed by atoms with Crippen LogP contribution in [-0.4, -0.2) is 57.3 Å². The fourth-order valence-corrected chi connectivity index (χ4v) is 0.938. The summed E-state index contributed by atoms with van der Waals surface area (Å²) >= 11 is 0. The average Bonchev–Trinajstić information content (AvgIpc) is 2.10. The van der Waals surface area contributed by atoms with E-state index >= 15 is 0 Å². The fourth-order valence-electron chi connectivity index (χ4n) is 0.938. The number of ether oxygens (including phenoxy) is 2. The molecule has 0 atom stereocenters. The Morgan fingerprint density at radius 2 is 1.65 bits per heavy atom. The molecular formula is C11H22INO4. The maximum atomic E-state index is 11.2. The molecule has 0 saturated heterocycles. The summed E-state index contributed by atoms with van der Waals surface area (Å²) in [5.41, 5.74) is 0. The number of carbonyl (C=O) groups excluding carboxylic acids is 2. The zero-order valence-electron chi connectivity index (χ0n) is 11.0. The summed E-state index contributed by atoms with van der Waals surface area (Å²) in [4.78, 5) is 21.6. The van der Waals surface area contributed by atoms with Crippen LogP contribution >= 0.6 is 0 Å². The van der Waals surface area contributed by atoms with E-state index in [1.807, 2.05) is 21.1 Å². The predicted molar refractivity (Wildman–Crippen MR) is 59.7 cm³/mol. The highest BCUT2D eigenvalue weighted by Gasteiger charge is 2.09. The molecule has 0 amide bonds. The monoisotopic (exact) mass is 359 g/mol. The van der Waals surface area contributed by atoms with Crippen molar-refractivity contribution in [1.29, 1.82) is 0 Å². The Morgan fingerprint density at radius 3 is 2.12 bits per heavy atom. The zero-order valence-corrected chi connectivity index (χ0v) is 13.2. The highest BCUT2D eigenvalue weighted by atomic mass is 127. The van der Waals surface area contributed by atoms with Crippen LogP contribution in [0.25, 0.3) is 0 Å². The molecule has 0 rings (SSSR count). The van der Waals surface area contributed by atoms with Crippen molar-refractivity contribution in [2.75, 3.05) is 40.9 Å². The van der Waals surface area contributed by atoms with Gasteiger partial charge in [0.15, 0.2) is 0 Å². The molecule has 6 heteroatoms. The Kier molecular flexibility index (Phi) is 10.8. The predicted octanol–water partition coefficient (Wildman–Crippen LogP) is -2.42. The summed E-state index contributed by atoms with van der Waals surface area (Å²) in [5.74, 6) is -0.556. The second-order valence-corrected chi connectivity index (χ2v) is 4.68. The van der Waals surface area contributed by atoms with Crippen LogP contribution in [0.3, 0.4) is 0 Å². The fraction of sp³-hybridized carbons (Fsp3) is 0.818. The van der Waals surface area contributed by atoms with E-state index in [1.165, 1.54) is 6.92 Å². The molecule has 0 N–H and O–H groups in total. The SMILES string of the molecule is CC(=O)OCCCC(=O)OCC[N+](C)(C)C.[I-]. The van der Waals surface area contributed by atoms with Gasteiger partial charge in [-0.25, -0.2) is 0 Å². The molecule has 17 heavy (non-hydrogen) atoms. The van der Waals surface area contributed by atoms with Crippen molar-refractivity contribution in [3.8, 4) is 0 Å². The molecule has 0 bridgehead atoms. The second kappa shape index (κ2) is 9.64. The van der Waals surface area contributed by atoms with Crippen LogP contribution in [0, 0.1) is 0 Å². The Bertz CT molecular complexity index is 238. The first-order valence-corrected chi connectivity index (χ1v) is 5.41. The summed E-state index contributed by atoms with van der Waals surface area (Å²) in [6.07, 6.45) is 0.813. The van der Waals surface area contributed by atoms with Crippen LogP contribution in [-0.2, 0) is 19.1 Å². The molecule has 0 aliphatic carbocycles. The van der Waals surface area contributed by atoms with Gasteiger partial charge in [0.05, 0.1) is 27.7 Å². The molecule has 5 nitrogen and oxygen atoms in total. The third-order valence-electron chi connectivity index (χ3n) is 1.86. The molecule has 0 unspecified atom stereocenters. The molecule has 0 saturated carbocycles. The van der Waals surface area contributed by atoms with Gasteiger partial charge in [0.1, 0.15) is 13.2 Å². The van der Waals surface area contributed by atoms with E-state index in [9.17, 15) is 9.59 Å². The van der Waals surface area contributed by atoms with Crippen molar-refractivity contribution in [2.24, 2.45) is 0 Å². The number of quaternary nitrogens is 1. The van der Waals surface area contributed by atoms with Crippen molar-refractivity contribution < 1.29 is 47.5 Å². The van der Waals surface area contributed by atoms with Gasteiger partial charge in [-0.1, -0.05) is 0 Å². The zero-order chi connectivity index (χ0) is 12.6. The van der Waals surface area contributed by atoms with Crippen LogP contribution < -0.4 is 24.0 Å². The first-order valence-electron chi connectivity index (χ1n) is 5.41. The minimum atomic E-state index is -0.321. The molecular weight excluding hydrogens is 337 g/mol. The van der Waals surface area contributed by atoms with E-state index in [1.54, 1.807) is 0 Å². The van der Waals surface area contributed by atoms with Crippen molar-refractivity contribution in [1.82, 2.24) is 0 Å². The Labute approximate surface area is 120 Å². The number of hydrogen-bond donors (Lipinski definition) is 0. The van der Waals surface area contributed by atoms with E-state index < -0.39 is 0 Å². The molecule has 0 aliphatic rings. The molecule has 0 aromatic carbocycles. The largest absolute Gasteiger partial charge is 1.00 e. The van der Waals surface area contributed by atoms with Crippen LogP contribution in [0.15, 0.2) is 0 Å². The topological polar surface area (TPSA) is 52.6 Å². The average molecular weight is 359 g/mol. The van der Waals surface area contributed by atoms with Crippen molar-refractivity contribution >= 4 is 11.9 Å². The molecule has 0 radical (unpaired) electrons. The lowest BCUT2D eigenvalue weighted by molar-refractivity contribution is -0.870. The molecule has 0 aliphatic heterocycles. The molecule has 0 heterocycles. The lowest BCUT2D eigenvalue weighted by Gasteiger charge is -2.23. The Hall–Kier alpha value is -0.370. The van der Waals surface area contributed by atoms with Crippen LogP contribution in [0.1, 0.15) is 19.8 Å². The van der Waals surface area contributed by atoms with E-state index in [4.69, 9.17) is 9.47 Å². The van der Waals surface area contributed by atoms with Gasteiger partial charge in [-0.05, 0) is 6.42 Å². The Balaban J connectivity index is 0. The molecule has 0 aromatic heterocycles. The summed E-state index contributed by atoms with van der Waals surface area (Å²) in [5, 5.41) is 0. The number of esters is 2. The Morgan fingerprint density at radius 1 is 1.06 bits per heavy atom. The van der Waals surface area contributed by atoms with Gasteiger partial charge < -0.3 is 37.9 Å². The minimum absolute atomic E-state index is 0. The van der Waals surface area contributed by atoms with E-state index in [0.717, 1.165) is 11.0 Å². The van der Waals surface area contributed by atoms with Gasteiger partial charge in [-0.3, -0.25) is 9.59 Å². The summed E-state index contributed by atoms with van der Waals surface area (Å²) < 4.78 is 10.5. The third-order valence-corrected chi connectivity index (χ3v) is 1.86. The van der Waals surface area contributed by atoms with Gasteiger partial charge >= 0.3 is 11.9 Å². The molecule has 0 aromatic rings. The van der Waals surface area contributed by atoms with Gasteiger partial charge in [0, 0.05) is 13.3 Å². The van der Waals surface area contributed by atoms with Gasteiger partial charge in [0.25, 0.3) is 0 Å². The normalized spacial score (nSPS) is 10.4. The summed E-state index contributed by atoms with van der Waals surface area (Å²) in [6.45, 7) is 2.84. The van der Waals surface area contributed by atoms with Crippen molar-refractivity contribution in [3.63, 3.8) is 0 Å². The van der Waals surface area contributed by atoms with Crippen LogP contribution in [0.4, 0.5) is 0 Å². The number of likely N-dealkylation sites (N-methyl/N-ethyl adjacent to an activating group) is 1. The number of carbonyl (C=O) groups is 2. The second-order valence-electron chi connectivity index (χ2n) is 4.68. The first kappa shape index (κ1) is 19.0. The smallest absolute Gasteiger partial charge is 0.306 e. The molecule has 0 spiro atoms. The maximum Gasteiger partial charge on any atom is 0.306 e. The van der Waals surface area contributed by atoms with E-state index in [2.05, 4.69) is 0 Å². The van der Waals surface area contributed by atoms with Crippen molar-refractivity contribution in [2.45, 2.75) is 19.8 Å². The van der Waals surface area contributed by atoms with Gasteiger partial charge in [-0.2, -0.15) is 0 Å². The first-order chi connectivity index (χ1) is 7.31. The number of halogens is 1. The van der Waals surface area contributed by atoms with Gasteiger partial charge in [-0.15, -0.1) is 0 Å². The number of rotatable bonds is 7. The molecule has 0 fully saturated rings. The van der Waals surface area contributed by atoms with Crippen LogP contribution in [0.2, 0.25) is 0 Å². The van der Waals surface area contributed by atoms with E-state index in [-0.39, 0.29) is 42.5 Å². The minimum Gasteiger partial charge on any atom is -1.00 e. The lowest BCUT2D eigenvalue weighted by Crippen LogP contribution is -3.00. The van der Waals surface area contributed by atoms with E-state index in [0.29, 0.717) is 19.4 Å². The van der Waals surface area contributed by atoms with Gasteiger partial charge in [0.2, 0.25) is 0 Å². The lowest BCUT2D eigenvalue weighted by atomic mass is 10.3. The van der Waals surface area contributed by atoms with Crippen molar-refractivity contribution in [3.05, 3.63) is 0 Å².